The Balaban J connectivity index is 1.71. The zero-order chi connectivity index (χ0) is 16.9. The van der Waals surface area contributed by atoms with Crippen molar-refractivity contribution in [3.63, 3.8) is 0 Å². The highest BCUT2D eigenvalue weighted by Crippen LogP contribution is 2.21. The van der Waals surface area contributed by atoms with E-state index in [-0.39, 0.29) is 12.5 Å². The van der Waals surface area contributed by atoms with Crippen LogP contribution < -0.4 is 5.43 Å². The molecule has 1 N–H and O–H groups in total. The predicted octanol–water partition coefficient (Wildman–Crippen LogP) is 1.58. The maximum absolute atomic E-state index is 11.7. The molecule has 9 heteroatoms. The topological polar surface area (TPSA) is 90.0 Å². The number of carbonyl (C=O) groups is 1. The second-order valence-corrected chi connectivity index (χ2v) is 5.28. The van der Waals surface area contributed by atoms with E-state index in [1.807, 2.05) is 37.3 Å². The van der Waals surface area contributed by atoms with Crippen LogP contribution in [-0.2, 0) is 11.3 Å². The lowest BCUT2D eigenvalue weighted by molar-refractivity contribution is -0.121. The van der Waals surface area contributed by atoms with Crippen LogP contribution in [0.1, 0.15) is 11.3 Å². The van der Waals surface area contributed by atoms with Gasteiger partial charge in [-0.15, -0.1) is 0 Å². The average molecular weight is 344 g/mol. The Morgan fingerprint density at radius 1 is 1.38 bits per heavy atom. The third-order valence-corrected chi connectivity index (χ3v) is 3.57. The molecule has 1 amide bonds. The number of aromatic nitrogens is 5. The largest absolute Gasteiger partial charge is 0.271 e. The fraction of sp³-hybridized carbons (Fsp3) is 0.133. The molecule has 122 valence electrons. The molecule has 0 radical (unpaired) electrons. The SMILES string of the molecule is Cc1nn(-c2ccccc2)c(Cl)c1C=NNC(=O)Cn1cncn1. The van der Waals surface area contributed by atoms with E-state index >= 15 is 0 Å². The van der Waals surface area contributed by atoms with Crippen molar-refractivity contribution in [2.75, 3.05) is 0 Å². The van der Waals surface area contributed by atoms with E-state index in [1.54, 1.807) is 4.68 Å². The van der Waals surface area contributed by atoms with Gasteiger partial charge in [-0.05, 0) is 19.1 Å². The van der Waals surface area contributed by atoms with Gasteiger partial charge in [0.05, 0.1) is 23.2 Å². The highest BCUT2D eigenvalue weighted by molar-refractivity contribution is 6.32. The van der Waals surface area contributed by atoms with Crippen LogP contribution in [0.4, 0.5) is 0 Å². The Morgan fingerprint density at radius 2 is 2.17 bits per heavy atom. The van der Waals surface area contributed by atoms with E-state index in [1.165, 1.54) is 23.6 Å². The van der Waals surface area contributed by atoms with Crippen molar-refractivity contribution < 1.29 is 4.79 Å². The molecule has 0 fully saturated rings. The number of rotatable bonds is 5. The van der Waals surface area contributed by atoms with E-state index in [4.69, 9.17) is 11.6 Å². The number of halogens is 1. The van der Waals surface area contributed by atoms with Crippen LogP contribution in [0.15, 0.2) is 48.1 Å². The quantitative estimate of drug-likeness (QED) is 0.562. The van der Waals surface area contributed by atoms with Crippen molar-refractivity contribution in [1.29, 1.82) is 0 Å². The molecule has 0 bridgehead atoms. The maximum atomic E-state index is 11.7. The zero-order valence-corrected chi connectivity index (χ0v) is 13.6. The fourth-order valence-electron chi connectivity index (χ4n) is 2.06. The van der Waals surface area contributed by atoms with Gasteiger partial charge in [0.1, 0.15) is 24.4 Å². The fourth-order valence-corrected chi connectivity index (χ4v) is 2.38. The van der Waals surface area contributed by atoms with Gasteiger partial charge < -0.3 is 0 Å². The molecule has 0 spiro atoms. The first-order valence-corrected chi connectivity index (χ1v) is 7.48. The van der Waals surface area contributed by atoms with Crippen LogP contribution in [0, 0.1) is 6.92 Å². The maximum Gasteiger partial charge on any atom is 0.261 e. The molecule has 0 saturated carbocycles. The Bertz CT molecular complexity index is 856. The van der Waals surface area contributed by atoms with Gasteiger partial charge in [0.15, 0.2) is 0 Å². The first-order valence-electron chi connectivity index (χ1n) is 7.10. The smallest absolute Gasteiger partial charge is 0.261 e. The molecule has 0 aliphatic heterocycles. The number of para-hydroxylation sites is 1. The molecule has 0 aliphatic carbocycles. The molecule has 3 aromatic rings. The second-order valence-electron chi connectivity index (χ2n) is 4.92. The normalized spacial score (nSPS) is 11.1. The minimum Gasteiger partial charge on any atom is -0.271 e. The number of hydrogen-bond donors (Lipinski definition) is 1. The molecule has 0 unspecified atom stereocenters. The number of nitrogens with one attached hydrogen (secondary N) is 1. The number of hydrogen-bond acceptors (Lipinski definition) is 5. The second kappa shape index (κ2) is 7.05. The molecular formula is C15H14ClN7O. The van der Waals surface area contributed by atoms with Crippen LogP contribution >= 0.6 is 11.6 Å². The van der Waals surface area contributed by atoms with Gasteiger partial charge in [0.2, 0.25) is 0 Å². The van der Waals surface area contributed by atoms with Crippen molar-refractivity contribution >= 4 is 23.7 Å². The van der Waals surface area contributed by atoms with Gasteiger partial charge in [0.25, 0.3) is 5.91 Å². The summed E-state index contributed by atoms with van der Waals surface area (Å²) < 4.78 is 3.02. The summed E-state index contributed by atoms with van der Waals surface area (Å²) in [5.41, 5.74) is 4.61. The van der Waals surface area contributed by atoms with Crippen molar-refractivity contribution in [3.05, 3.63) is 59.4 Å². The Morgan fingerprint density at radius 3 is 2.88 bits per heavy atom. The van der Waals surface area contributed by atoms with Crippen LogP contribution in [0.25, 0.3) is 5.69 Å². The van der Waals surface area contributed by atoms with E-state index in [0.29, 0.717) is 16.4 Å². The molecule has 3 rings (SSSR count). The number of aryl methyl sites for hydroxylation is 1. The molecule has 0 atom stereocenters. The third kappa shape index (κ3) is 3.49. The van der Waals surface area contributed by atoms with Crippen LogP contribution in [0.5, 0.6) is 0 Å². The molecule has 24 heavy (non-hydrogen) atoms. The lowest BCUT2D eigenvalue weighted by atomic mass is 10.3. The van der Waals surface area contributed by atoms with E-state index in [0.717, 1.165) is 5.69 Å². The lowest BCUT2D eigenvalue weighted by Crippen LogP contribution is -2.23. The Kier molecular flexibility index (Phi) is 4.66. The Hall–Kier alpha value is -3.00. The molecule has 0 saturated heterocycles. The van der Waals surface area contributed by atoms with E-state index in [9.17, 15) is 4.79 Å². The van der Waals surface area contributed by atoms with E-state index < -0.39 is 0 Å². The van der Waals surface area contributed by atoms with Crippen molar-refractivity contribution in [3.8, 4) is 5.69 Å². The minimum absolute atomic E-state index is 0.0351. The number of benzene rings is 1. The van der Waals surface area contributed by atoms with Gasteiger partial charge in [0, 0.05) is 0 Å². The minimum atomic E-state index is -0.319. The summed E-state index contributed by atoms with van der Waals surface area (Å²) in [7, 11) is 0. The average Bonchev–Trinajstić information content (AvgIpc) is 3.18. The van der Waals surface area contributed by atoms with Gasteiger partial charge in [-0.1, -0.05) is 29.8 Å². The summed E-state index contributed by atoms with van der Waals surface area (Å²) in [6.07, 6.45) is 4.29. The molecule has 2 heterocycles. The first-order chi connectivity index (χ1) is 11.6. The zero-order valence-electron chi connectivity index (χ0n) is 12.8. The summed E-state index contributed by atoms with van der Waals surface area (Å²) in [6.45, 7) is 1.86. The summed E-state index contributed by atoms with van der Waals surface area (Å²) in [5.74, 6) is -0.319. The monoisotopic (exact) mass is 343 g/mol. The molecule has 2 aromatic heterocycles. The van der Waals surface area contributed by atoms with Crippen LogP contribution in [0.2, 0.25) is 5.15 Å². The van der Waals surface area contributed by atoms with Crippen LogP contribution in [-0.4, -0.2) is 36.7 Å². The highest BCUT2D eigenvalue weighted by Gasteiger charge is 2.13. The predicted molar refractivity (Wildman–Crippen MR) is 89.1 cm³/mol. The molecule has 8 nitrogen and oxygen atoms in total. The summed E-state index contributed by atoms with van der Waals surface area (Å²) >= 11 is 6.37. The van der Waals surface area contributed by atoms with Crippen molar-refractivity contribution in [2.45, 2.75) is 13.5 Å². The van der Waals surface area contributed by atoms with Crippen molar-refractivity contribution in [2.24, 2.45) is 5.10 Å². The number of hydrazone groups is 1. The molecular weight excluding hydrogens is 330 g/mol. The number of nitrogens with zero attached hydrogens (tertiary/aromatic N) is 6. The molecule has 1 aromatic carbocycles. The van der Waals surface area contributed by atoms with Gasteiger partial charge in [-0.3, -0.25) is 4.79 Å². The lowest BCUT2D eigenvalue weighted by Gasteiger charge is -2.02. The summed E-state index contributed by atoms with van der Waals surface area (Å²) in [5, 5.41) is 12.6. The summed E-state index contributed by atoms with van der Waals surface area (Å²) in [6, 6.07) is 9.53. The van der Waals surface area contributed by atoms with Crippen molar-refractivity contribution in [1.82, 2.24) is 30.0 Å². The van der Waals surface area contributed by atoms with Gasteiger partial charge in [-0.25, -0.2) is 19.8 Å². The standard InChI is InChI=1S/C15H14ClN7O/c1-11-13(7-18-20-14(24)8-22-10-17-9-19-22)15(16)23(21-11)12-5-3-2-4-6-12/h2-7,9-10H,8H2,1H3,(H,20,24). The highest BCUT2D eigenvalue weighted by atomic mass is 35.5. The molecule has 0 aliphatic rings. The third-order valence-electron chi connectivity index (χ3n) is 3.20. The van der Waals surface area contributed by atoms with E-state index in [2.05, 4.69) is 25.7 Å². The summed E-state index contributed by atoms with van der Waals surface area (Å²) in [4.78, 5) is 15.5. The number of amides is 1. The first kappa shape index (κ1) is 15.9. The number of carbonyl (C=O) groups excluding carboxylic acids is 1. The Labute approximate surface area is 142 Å². The van der Waals surface area contributed by atoms with Gasteiger partial charge >= 0.3 is 0 Å². The van der Waals surface area contributed by atoms with Crippen LogP contribution in [0.3, 0.4) is 0 Å². The van der Waals surface area contributed by atoms with Gasteiger partial charge in [-0.2, -0.15) is 15.3 Å².